The van der Waals surface area contributed by atoms with E-state index in [1.807, 2.05) is 31.2 Å². The van der Waals surface area contributed by atoms with Crippen LogP contribution in [0.25, 0.3) is 0 Å². The average Bonchev–Trinajstić information content (AvgIpc) is 3.01. The number of hydrogen-bond donors (Lipinski definition) is 2. The van der Waals surface area contributed by atoms with Crippen LogP contribution in [-0.2, 0) is 11.2 Å². The number of aromatic nitrogens is 3. The minimum Gasteiger partial charge on any atom is -0.336 e. The van der Waals surface area contributed by atoms with Crippen molar-refractivity contribution < 1.29 is 4.79 Å². The number of thioether (sulfide) groups is 1. The van der Waals surface area contributed by atoms with Crippen molar-refractivity contribution in [3.8, 4) is 0 Å². The highest BCUT2D eigenvalue weighted by molar-refractivity contribution is 7.99. The molecule has 0 atom stereocenters. The van der Waals surface area contributed by atoms with E-state index in [2.05, 4.69) is 15.5 Å². The zero-order valence-electron chi connectivity index (χ0n) is 15.3. The van der Waals surface area contributed by atoms with Crippen molar-refractivity contribution in [1.82, 2.24) is 14.9 Å². The Kier molecular flexibility index (Phi) is 6.55. The summed E-state index contributed by atoms with van der Waals surface area (Å²) in [4.78, 5) is 12.1. The Hall–Kier alpha value is -2.02. The number of amides is 1. The van der Waals surface area contributed by atoms with E-state index in [-0.39, 0.29) is 11.7 Å². The smallest absolute Gasteiger partial charge is 0.234 e. The quantitative estimate of drug-likeness (QED) is 0.573. The van der Waals surface area contributed by atoms with Crippen LogP contribution in [0.4, 0.5) is 5.69 Å². The molecule has 1 aliphatic carbocycles. The Morgan fingerprint density at radius 3 is 2.69 bits per heavy atom. The first-order valence-electron chi connectivity index (χ1n) is 9.30. The predicted octanol–water partition coefficient (Wildman–Crippen LogP) is 3.54. The number of nitrogens with one attached hydrogen (secondary N) is 1. The minimum absolute atomic E-state index is 0.0781. The van der Waals surface area contributed by atoms with E-state index in [1.54, 1.807) is 0 Å². The molecule has 1 aromatic carbocycles. The lowest BCUT2D eigenvalue weighted by Gasteiger charge is -2.20. The zero-order valence-corrected chi connectivity index (χ0v) is 16.1. The third-order valence-electron chi connectivity index (χ3n) is 4.90. The number of carbonyl (C=O) groups excluding carboxylic acids is 1. The van der Waals surface area contributed by atoms with Gasteiger partial charge in [-0.15, -0.1) is 10.2 Å². The Labute approximate surface area is 158 Å². The summed E-state index contributed by atoms with van der Waals surface area (Å²) in [6.07, 6.45) is 8.67. The molecule has 0 aliphatic heterocycles. The maximum atomic E-state index is 12.1. The molecule has 26 heavy (non-hydrogen) atoms. The van der Waals surface area contributed by atoms with Crippen molar-refractivity contribution in [3.05, 3.63) is 35.7 Å². The van der Waals surface area contributed by atoms with Crippen LogP contribution >= 0.6 is 11.8 Å². The normalized spacial score (nSPS) is 15.1. The van der Waals surface area contributed by atoms with E-state index in [0.29, 0.717) is 5.16 Å². The van der Waals surface area contributed by atoms with Crippen LogP contribution < -0.4 is 11.2 Å². The van der Waals surface area contributed by atoms with Crippen molar-refractivity contribution >= 4 is 23.4 Å². The van der Waals surface area contributed by atoms with Crippen molar-refractivity contribution in [2.24, 2.45) is 5.92 Å². The number of nitrogens with two attached hydrogens (primary N) is 1. The summed E-state index contributed by atoms with van der Waals surface area (Å²) in [5.41, 5.74) is 1.96. The molecule has 0 radical (unpaired) electrons. The Morgan fingerprint density at radius 2 is 1.96 bits per heavy atom. The van der Waals surface area contributed by atoms with Crippen LogP contribution in [0.5, 0.6) is 0 Å². The van der Waals surface area contributed by atoms with Gasteiger partial charge in [-0.25, -0.2) is 4.68 Å². The van der Waals surface area contributed by atoms with Gasteiger partial charge in [0.2, 0.25) is 11.1 Å². The summed E-state index contributed by atoms with van der Waals surface area (Å²) < 4.78 is 1.53. The summed E-state index contributed by atoms with van der Waals surface area (Å²) in [5, 5.41) is 11.8. The molecule has 6 nitrogen and oxygen atoms in total. The highest BCUT2D eigenvalue weighted by Gasteiger charge is 2.17. The molecule has 140 valence electrons. The van der Waals surface area contributed by atoms with Gasteiger partial charge in [0, 0.05) is 12.1 Å². The second-order valence-corrected chi connectivity index (χ2v) is 7.96. The second kappa shape index (κ2) is 9.07. The van der Waals surface area contributed by atoms with Crippen LogP contribution in [0.15, 0.2) is 29.4 Å². The summed E-state index contributed by atoms with van der Waals surface area (Å²) in [6, 6.07) is 7.73. The first kappa shape index (κ1) is 18.8. The van der Waals surface area contributed by atoms with E-state index in [1.165, 1.54) is 48.5 Å². The monoisotopic (exact) mass is 373 g/mol. The third-order valence-corrected chi connectivity index (χ3v) is 5.85. The van der Waals surface area contributed by atoms with Crippen molar-refractivity contribution in [2.75, 3.05) is 16.9 Å². The predicted molar refractivity (Wildman–Crippen MR) is 106 cm³/mol. The van der Waals surface area contributed by atoms with E-state index < -0.39 is 0 Å². The number of benzene rings is 1. The molecule has 1 heterocycles. The molecule has 1 aromatic heterocycles. The van der Waals surface area contributed by atoms with E-state index in [0.717, 1.165) is 35.8 Å². The lowest BCUT2D eigenvalue weighted by Crippen LogP contribution is -2.18. The molecule has 0 spiro atoms. The van der Waals surface area contributed by atoms with Gasteiger partial charge in [-0.2, -0.15) is 0 Å². The fourth-order valence-corrected chi connectivity index (χ4v) is 4.02. The van der Waals surface area contributed by atoms with E-state index >= 15 is 0 Å². The van der Waals surface area contributed by atoms with Gasteiger partial charge in [-0.05, 0) is 31.4 Å². The van der Waals surface area contributed by atoms with Crippen LogP contribution in [0.3, 0.4) is 0 Å². The summed E-state index contributed by atoms with van der Waals surface area (Å²) >= 11 is 1.31. The SMILES string of the molecule is Cc1ccc(NC(=O)CSc2nnc(CCC3CCCCC3)n2N)cc1. The molecular weight excluding hydrogens is 346 g/mol. The van der Waals surface area contributed by atoms with Gasteiger partial charge < -0.3 is 11.2 Å². The van der Waals surface area contributed by atoms with Gasteiger partial charge in [0.15, 0.2) is 5.82 Å². The molecule has 1 saturated carbocycles. The number of nitrogen functional groups attached to an aromatic ring is 1. The van der Waals surface area contributed by atoms with Crippen molar-refractivity contribution in [2.45, 2.75) is 57.0 Å². The van der Waals surface area contributed by atoms with E-state index in [9.17, 15) is 4.79 Å². The topological polar surface area (TPSA) is 85.8 Å². The van der Waals surface area contributed by atoms with Gasteiger partial charge in [0.1, 0.15) is 0 Å². The fourth-order valence-electron chi connectivity index (χ4n) is 3.35. The molecule has 0 saturated heterocycles. The maximum Gasteiger partial charge on any atom is 0.234 e. The summed E-state index contributed by atoms with van der Waals surface area (Å²) in [5.74, 6) is 7.88. The summed E-state index contributed by atoms with van der Waals surface area (Å²) in [6.45, 7) is 2.02. The van der Waals surface area contributed by atoms with Crippen LogP contribution in [-0.4, -0.2) is 26.5 Å². The van der Waals surface area contributed by atoms with Gasteiger partial charge in [0.05, 0.1) is 5.75 Å². The largest absolute Gasteiger partial charge is 0.336 e. The molecule has 2 aromatic rings. The highest BCUT2D eigenvalue weighted by atomic mass is 32.2. The molecule has 0 unspecified atom stereocenters. The van der Waals surface area contributed by atoms with Crippen LogP contribution in [0.1, 0.15) is 49.9 Å². The first-order chi connectivity index (χ1) is 12.6. The molecule has 7 heteroatoms. The van der Waals surface area contributed by atoms with Crippen LogP contribution in [0.2, 0.25) is 0 Å². The number of rotatable bonds is 7. The summed E-state index contributed by atoms with van der Waals surface area (Å²) in [7, 11) is 0. The van der Waals surface area contributed by atoms with Crippen LogP contribution in [0, 0.1) is 12.8 Å². The highest BCUT2D eigenvalue weighted by Crippen LogP contribution is 2.27. The minimum atomic E-state index is -0.0781. The number of aryl methyl sites for hydroxylation is 2. The number of anilines is 1. The Bertz CT molecular complexity index is 722. The molecule has 1 fully saturated rings. The molecule has 3 rings (SSSR count). The standard InChI is InChI=1S/C19H27N5OS/c1-14-7-10-16(11-8-14)21-18(25)13-26-19-23-22-17(24(19)20)12-9-15-5-3-2-4-6-15/h7-8,10-11,15H,2-6,9,12-13,20H2,1H3,(H,21,25). The zero-order chi connectivity index (χ0) is 18.4. The molecule has 3 N–H and O–H groups in total. The maximum absolute atomic E-state index is 12.1. The molecule has 0 bridgehead atoms. The van der Waals surface area contributed by atoms with Gasteiger partial charge in [-0.3, -0.25) is 4.79 Å². The molecular formula is C19H27N5OS. The second-order valence-electron chi connectivity index (χ2n) is 7.01. The van der Waals surface area contributed by atoms with Crippen molar-refractivity contribution in [1.29, 1.82) is 0 Å². The van der Waals surface area contributed by atoms with Gasteiger partial charge in [0.25, 0.3) is 0 Å². The Balaban J connectivity index is 1.46. The lowest BCUT2D eigenvalue weighted by atomic mass is 9.86. The molecule has 1 amide bonds. The number of hydrogen-bond acceptors (Lipinski definition) is 5. The number of carbonyl (C=O) groups is 1. The fraction of sp³-hybridized carbons (Fsp3) is 0.526. The molecule has 1 aliphatic rings. The first-order valence-corrected chi connectivity index (χ1v) is 10.3. The number of nitrogens with zero attached hydrogens (tertiary/aromatic N) is 3. The Morgan fingerprint density at radius 1 is 1.23 bits per heavy atom. The average molecular weight is 374 g/mol. The van der Waals surface area contributed by atoms with Crippen molar-refractivity contribution in [3.63, 3.8) is 0 Å². The third kappa shape index (κ3) is 5.24. The van der Waals surface area contributed by atoms with E-state index in [4.69, 9.17) is 5.84 Å². The van der Waals surface area contributed by atoms with Gasteiger partial charge >= 0.3 is 0 Å². The lowest BCUT2D eigenvalue weighted by molar-refractivity contribution is -0.113. The van der Waals surface area contributed by atoms with Gasteiger partial charge in [-0.1, -0.05) is 61.6 Å².